The van der Waals surface area contributed by atoms with E-state index >= 15 is 0 Å². The molecule has 1 aromatic heterocycles. The van der Waals surface area contributed by atoms with E-state index < -0.39 is 0 Å². The highest BCUT2D eigenvalue weighted by Crippen LogP contribution is 2.28. The molecule has 0 aliphatic carbocycles. The molecular formula is C17H19NO3. The van der Waals surface area contributed by atoms with Gasteiger partial charge in [0.25, 0.3) is 5.91 Å². The van der Waals surface area contributed by atoms with Crippen LogP contribution in [0.25, 0.3) is 0 Å². The van der Waals surface area contributed by atoms with Crippen LogP contribution in [0.5, 0.6) is 0 Å². The molecule has 2 atom stereocenters. The van der Waals surface area contributed by atoms with Crippen molar-refractivity contribution in [2.24, 2.45) is 0 Å². The Balaban J connectivity index is 1.75. The molecule has 3 rings (SSSR count). The Kier molecular flexibility index (Phi) is 4.06. The van der Waals surface area contributed by atoms with Crippen molar-refractivity contribution in [1.29, 1.82) is 0 Å². The summed E-state index contributed by atoms with van der Waals surface area (Å²) in [5.41, 5.74) is 2.87. The van der Waals surface area contributed by atoms with Crippen LogP contribution in [0.15, 0.2) is 47.3 Å². The molecule has 2 heterocycles. The van der Waals surface area contributed by atoms with Crippen LogP contribution in [0.2, 0.25) is 0 Å². The van der Waals surface area contributed by atoms with Crippen molar-refractivity contribution in [2.45, 2.75) is 31.9 Å². The molecular weight excluding hydrogens is 266 g/mol. The smallest absolute Gasteiger partial charge is 0.254 e. The molecule has 1 fully saturated rings. The molecule has 4 heteroatoms. The van der Waals surface area contributed by atoms with Gasteiger partial charge in [0, 0.05) is 6.61 Å². The lowest BCUT2D eigenvalue weighted by Crippen LogP contribution is -2.42. The monoisotopic (exact) mass is 285 g/mol. The minimum atomic E-state index is -0.114. The zero-order chi connectivity index (χ0) is 14.7. The Bertz CT molecular complexity index is 589. The van der Waals surface area contributed by atoms with Crippen molar-refractivity contribution < 1.29 is 13.9 Å². The van der Waals surface area contributed by atoms with Gasteiger partial charge in [0.1, 0.15) is 12.4 Å². The van der Waals surface area contributed by atoms with Gasteiger partial charge in [-0.2, -0.15) is 0 Å². The highest BCUT2D eigenvalue weighted by molar-refractivity contribution is 5.94. The summed E-state index contributed by atoms with van der Waals surface area (Å²) < 4.78 is 10.9. The van der Waals surface area contributed by atoms with E-state index in [2.05, 4.69) is 36.5 Å². The van der Waals surface area contributed by atoms with Gasteiger partial charge in [0.15, 0.2) is 0 Å². The van der Waals surface area contributed by atoms with Gasteiger partial charge in [-0.15, -0.1) is 0 Å². The van der Waals surface area contributed by atoms with E-state index in [1.54, 1.807) is 6.07 Å². The van der Waals surface area contributed by atoms with E-state index in [4.69, 9.17) is 9.15 Å². The number of hydrogen-bond donors (Lipinski definition) is 1. The van der Waals surface area contributed by atoms with Crippen LogP contribution in [0, 0.1) is 6.92 Å². The van der Waals surface area contributed by atoms with Gasteiger partial charge < -0.3 is 14.5 Å². The summed E-state index contributed by atoms with van der Waals surface area (Å²) in [5, 5.41) is 3.06. The summed E-state index contributed by atoms with van der Waals surface area (Å²) in [6.45, 7) is 2.79. The minimum absolute atomic E-state index is 0.0103. The fraction of sp³-hybridized carbons (Fsp3) is 0.353. The fourth-order valence-corrected chi connectivity index (χ4v) is 2.66. The normalized spacial score (nSPS) is 22.0. The number of ether oxygens (including phenoxy) is 1. The predicted molar refractivity (Wildman–Crippen MR) is 79.1 cm³/mol. The molecule has 0 spiro atoms. The van der Waals surface area contributed by atoms with Gasteiger partial charge in [-0.1, -0.05) is 29.8 Å². The standard InChI is InChI=1S/C17H19NO3/c1-12-4-6-13(7-5-12)16-15(3-2-9-21-16)18-17(19)14-8-10-20-11-14/h4-8,10-11,15-16H,2-3,9H2,1H3,(H,18,19)/t15-,16-/m1/s1. The maximum atomic E-state index is 12.2. The molecule has 1 aromatic carbocycles. The lowest BCUT2D eigenvalue weighted by atomic mass is 9.95. The third-order valence-electron chi connectivity index (χ3n) is 3.83. The molecule has 1 saturated heterocycles. The van der Waals surface area contributed by atoms with Gasteiger partial charge >= 0.3 is 0 Å². The van der Waals surface area contributed by atoms with Crippen LogP contribution < -0.4 is 5.32 Å². The molecule has 1 N–H and O–H groups in total. The van der Waals surface area contributed by atoms with Crippen molar-refractivity contribution in [1.82, 2.24) is 5.32 Å². The van der Waals surface area contributed by atoms with Crippen LogP contribution in [-0.2, 0) is 4.74 Å². The van der Waals surface area contributed by atoms with Crippen LogP contribution >= 0.6 is 0 Å². The summed E-state index contributed by atoms with van der Waals surface area (Å²) in [6, 6.07) is 9.94. The number of rotatable bonds is 3. The van der Waals surface area contributed by atoms with Gasteiger partial charge in [-0.05, 0) is 31.4 Å². The summed E-state index contributed by atoms with van der Waals surface area (Å²) >= 11 is 0. The molecule has 4 nitrogen and oxygen atoms in total. The maximum Gasteiger partial charge on any atom is 0.254 e. The molecule has 21 heavy (non-hydrogen) atoms. The van der Waals surface area contributed by atoms with Gasteiger partial charge in [-0.25, -0.2) is 0 Å². The number of carbonyl (C=O) groups is 1. The third-order valence-corrected chi connectivity index (χ3v) is 3.83. The molecule has 0 bridgehead atoms. The molecule has 2 aromatic rings. The van der Waals surface area contributed by atoms with Crippen LogP contribution in [0.3, 0.4) is 0 Å². The number of aryl methyl sites for hydroxylation is 1. The first-order chi connectivity index (χ1) is 10.2. The second-order valence-corrected chi connectivity index (χ2v) is 5.44. The Morgan fingerprint density at radius 1 is 1.24 bits per heavy atom. The number of hydrogen-bond acceptors (Lipinski definition) is 3. The molecule has 1 aliphatic heterocycles. The Labute approximate surface area is 124 Å². The summed E-state index contributed by atoms with van der Waals surface area (Å²) in [4.78, 5) is 12.2. The average Bonchev–Trinajstić information content (AvgIpc) is 3.03. The Hall–Kier alpha value is -2.07. The van der Waals surface area contributed by atoms with E-state index in [1.165, 1.54) is 18.1 Å². The summed E-state index contributed by atoms with van der Waals surface area (Å²) in [7, 11) is 0. The van der Waals surface area contributed by atoms with Gasteiger partial charge in [-0.3, -0.25) is 4.79 Å². The minimum Gasteiger partial charge on any atom is -0.472 e. The average molecular weight is 285 g/mol. The van der Waals surface area contributed by atoms with E-state index in [0.29, 0.717) is 5.56 Å². The first-order valence-corrected chi connectivity index (χ1v) is 7.25. The van der Waals surface area contributed by atoms with Crippen LogP contribution in [-0.4, -0.2) is 18.6 Å². The second kappa shape index (κ2) is 6.14. The highest BCUT2D eigenvalue weighted by atomic mass is 16.5. The quantitative estimate of drug-likeness (QED) is 0.942. The summed E-state index contributed by atoms with van der Waals surface area (Å²) in [6.07, 6.45) is 4.75. The van der Waals surface area contributed by atoms with E-state index in [1.807, 2.05) is 0 Å². The highest BCUT2D eigenvalue weighted by Gasteiger charge is 2.29. The molecule has 0 radical (unpaired) electrons. The molecule has 110 valence electrons. The van der Waals surface area contributed by atoms with E-state index in [0.717, 1.165) is 25.0 Å². The van der Waals surface area contributed by atoms with Crippen molar-refractivity contribution >= 4 is 5.91 Å². The fourth-order valence-electron chi connectivity index (χ4n) is 2.66. The topological polar surface area (TPSA) is 51.5 Å². The Morgan fingerprint density at radius 3 is 2.76 bits per heavy atom. The first-order valence-electron chi connectivity index (χ1n) is 7.25. The molecule has 0 saturated carbocycles. The largest absolute Gasteiger partial charge is 0.472 e. The van der Waals surface area contributed by atoms with Gasteiger partial charge in [0.2, 0.25) is 0 Å². The van der Waals surface area contributed by atoms with Crippen molar-refractivity contribution in [2.75, 3.05) is 6.61 Å². The SMILES string of the molecule is Cc1ccc([C@H]2OCCC[C@H]2NC(=O)c2ccoc2)cc1. The van der Waals surface area contributed by atoms with Crippen molar-refractivity contribution in [3.63, 3.8) is 0 Å². The number of nitrogens with one attached hydrogen (secondary N) is 1. The zero-order valence-corrected chi connectivity index (χ0v) is 12.0. The first kappa shape index (κ1) is 13.9. The van der Waals surface area contributed by atoms with Crippen LogP contribution in [0.1, 0.15) is 40.4 Å². The molecule has 1 amide bonds. The maximum absolute atomic E-state index is 12.2. The zero-order valence-electron chi connectivity index (χ0n) is 12.0. The Morgan fingerprint density at radius 2 is 2.05 bits per heavy atom. The number of benzene rings is 1. The number of furan rings is 1. The number of amides is 1. The van der Waals surface area contributed by atoms with Gasteiger partial charge in [0.05, 0.1) is 17.9 Å². The van der Waals surface area contributed by atoms with Crippen molar-refractivity contribution in [3.05, 3.63) is 59.5 Å². The van der Waals surface area contributed by atoms with E-state index in [-0.39, 0.29) is 18.1 Å². The third kappa shape index (κ3) is 3.16. The predicted octanol–water partition coefficient (Wildman–Crippen LogP) is 3.24. The van der Waals surface area contributed by atoms with E-state index in [9.17, 15) is 4.79 Å². The summed E-state index contributed by atoms with van der Waals surface area (Å²) in [5.74, 6) is -0.114. The molecule has 1 aliphatic rings. The molecule has 0 unspecified atom stereocenters. The lowest BCUT2D eigenvalue weighted by Gasteiger charge is -2.32. The van der Waals surface area contributed by atoms with Crippen LogP contribution in [0.4, 0.5) is 0 Å². The second-order valence-electron chi connectivity index (χ2n) is 5.44. The number of carbonyl (C=O) groups excluding carboxylic acids is 1. The van der Waals surface area contributed by atoms with Crippen molar-refractivity contribution in [3.8, 4) is 0 Å². The lowest BCUT2D eigenvalue weighted by molar-refractivity contribution is -0.00947.